The Morgan fingerprint density at radius 3 is 2.21 bits per heavy atom. The van der Waals surface area contributed by atoms with Gasteiger partial charge in [-0.15, -0.1) is 0 Å². The molecule has 1 aliphatic heterocycles. The molecule has 0 atom stereocenters. The zero-order valence-corrected chi connectivity index (χ0v) is 16.4. The van der Waals surface area contributed by atoms with E-state index in [1.165, 1.54) is 19.2 Å². The standard InChI is InChI=1S/C23H21NO5/c1-14-4-6-17(7-5-14)13-24-15(2)20(23(28)29-3)19(21(24)25)12-16-8-10-18(11-9-16)22(26)27/h4-12H,13H2,1-3H3,(H,26,27). The predicted octanol–water partition coefficient (Wildman–Crippen LogP) is 3.57. The third kappa shape index (κ3) is 4.11. The van der Waals surface area contributed by atoms with Gasteiger partial charge in [0.05, 0.1) is 30.4 Å². The molecule has 3 rings (SSSR count). The number of carbonyl (C=O) groups excluding carboxylic acids is 2. The lowest BCUT2D eigenvalue weighted by Gasteiger charge is -2.18. The van der Waals surface area contributed by atoms with E-state index in [1.807, 2.05) is 31.2 Å². The topological polar surface area (TPSA) is 83.9 Å². The van der Waals surface area contributed by atoms with Crippen LogP contribution in [0.3, 0.4) is 0 Å². The van der Waals surface area contributed by atoms with Crippen molar-refractivity contribution in [1.82, 2.24) is 4.90 Å². The van der Waals surface area contributed by atoms with E-state index >= 15 is 0 Å². The summed E-state index contributed by atoms with van der Waals surface area (Å²) in [7, 11) is 1.27. The monoisotopic (exact) mass is 391 g/mol. The van der Waals surface area contributed by atoms with Gasteiger partial charge in [0.2, 0.25) is 0 Å². The first-order valence-electron chi connectivity index (χ1n) is 9.04. The number of aryl methyl sites for hydroxylation is 1. The highest BCUT2D eigenvalue weighted by Gasteiger charge is 2.36. The minimum absolute atomic E-state index is 0.144. The summed E-state index contributed by atoms with van der Waals surface area (Å²) in [4.78, 5) is 38.1. The molecule has 0 fully saturated rings. The fourth-order valence-electron chi connectivity index (χ4n) is 3.18. The lowest BCUT2D eigenvalue weighted by Crippen LogP contribution is -2.24. The smallest absolute Gasteiger partial charge is 0.340 e. The van der Waals surface area contributed by atoms with Gasteiger partial charge in [0.15, 0.2) is 0 Å². The van der Waals surface area contributed by atoms with Crippen molar-refractivity contribution in [3.63, 3.8) is 0 Å². The van der Waals surface area contributed by atoms with Crippen molar-refractivity contribution in [3.05, 3.63) is 87.6 Å². The Kier molecular flexibility index (Phi) is 5.64. The maximum atomic E-state index is 13.1. The number of hydrogen-bond acceptors (Lipinski definition) is 4. The van der Waals surface area contributed by atoms with Crippen LogP contribution in [0.5, 0.6) is 0 Å². The van der Waals surface area contributed by atoms with Crippen LogP contribution >= 0.6 is 0 Å². The molecule has 2 aromatic rings. The van der Waals surface area contributed by atoms with E-state index in [0.29, 0.717) is 17.8 Å². The summed E-state index contributed by atoms with van der Waals surface area (Å²) >= 11 is 0. The van der Waals surface area contributed by atoms with E-state index in [1.54, 1.807) is 30.0 Å². The average molecular weight is 391 g/mol. The minimum Gasteiger partial charge on any atom is -0.478 e. The van der Waals surface area contributed by atoms with Crippen LogP contribution in [0, 0.1) is 6.92 Å². The summed E-state index contributed by atoms with van der Waals surface area (Å²) in [5, 5.41) is 9.03. The first kappa shape index (κ1) is 20.1. The molecule has 29 heavy (non-hydrogen) atoms. The molecule has 1 amide bonds. The highest BCUT2D eigenvalue weighted by molar-refractivity contribution is 6.16. The SMILES string of the molecule is COC(=O)C1=C(C)N(Cc2ccc(C)cc2)C(=O)C1=Cc1ccc(C(=O)O)cc1. The van der Waals surface area contributed by atoms with E-state index in [9.17, 15) is 14.4 Å². The molecule has 6 heteroatoms. The van der Waals surface area contributed by atoms with Gasteiger partial charge in [-0.25, -0.2) is 9.59 Å². The summed E-state index contributed by atoms with van der Waals surface area (Å²) in [6.07, 6.45) is 1.58. The van der Waals surface area contributed by atoms with Crippen molar-refractivity contribution >= 4 is 23.9 Å². The molecule has 0 bridgehead atoms. The maximum Gasteiger partial charge on any atom is 0.340 e. The van der Waals surface area contributed by atoms with E-state index in [4.69, 9.17) is 9.84 Å². The molecular weight excluding hydrogens is 370 g/mol. The van der Waals surface area contributed by atoms with Crippen molar-refractivity contribution in [3.8, 4) is 0 Å². The van der Waals surface area contributed by atoms with Crippen LogP contribution in [0.15, 0.2) is 65.4 Å². The third-order valence-corrected chi connectivity index (χ3v) is 4.83. The molecule has 1 heterocycles. The molecular formula is C23H21NO5. The quantitative estimate of drug-likeness (QED) is 0.622. The number of carboxylic acid groups (broad SMARTS) is 1. The molecule has 1 aliphatic rings. The second-order valence-electron chi connectivity index (χ2n) is 6.81. The van der Waals surface area contributed by atoms with Crippen LogP contribution in [0.25, 0.3) is 6.08 Å². The third-order valence-electron chi connectivity index (χ3n) is 4.83. The van der Waals surface area contributed by atoms with Gasteiger partial charge in [0, 0.05) is 5.70 Å². The molecule has 2 aromatic carbocycles. The number of nitrogens with zero attached hydrogens (tertiary/aromatic N) is 1. The van der Waals surface area contributed by atoms with Gasteiger partial charge in [0.1, 0.15) is 0 Å². The Hall–Kier alpha value is -3.67. The van der Waals surface area contributed by atoms with Gasteiger partial charge in [-0.3, -0.25) is 4.79 Å². The number of carboxylic acids is 1. The van der Waals surface area contributed by atoms with E-state index in [2.05, 4.69) is 0 Å². The highest BCUT2D eigenvalue weighted by atomic mass is 16.5. The number of benzene rings is 2. The molecule has 148 valence electrons. The van der Waals surface area contributed by atoms with E-state index < -0.39 is 11.9 Å². The molecule has 0 aliphatic carbocycles. The van der Waals surface area contributed by atoms with Crippen LogP contribution < -0.4 is 0 Å². The highest BCUT2D eigenvalue weighted by Crippen LogP contribution is 2.32. The Morgan fingerprint density at radius 1 is 1.03 bits per heavy atom. The summed E-state index contributed by atoms with van der Waals surface area (Å²) in [6, 6.07) is 13.9. The maximum absolute atomic E-state index is 13.1. The van der Waals surface area contributed by atoms with Gasteiger partial charge >= 0.3 is 11.9 Å². The van der Waals surface area contributed by atoms with Crippen molar-refractivity contribution < 1.29 is 24.2 Å². The summed E-state index contributed by atoms with van der Waals surface area (Å²) in [5.41, 5.74) is 3.79. The lowest BCUT2D eigenvalue weighted by atomic mass is 10.0. The molecule has 0 saturated carbocycles. The summed E-state index contributed by atoms with van der Waals surface area (Å²) < 4.78 is 4.89. The van der Waals surface area contributed by atoms with Crippen LogP contribution in [0.4, 0.5) is 0 Å². The van der Waals surface area contributed by atoms with Crippen LogP contribution in [-0.2, 0) is 20.9 Å². The first-order chi connectivity index (χ1) is 13.8. The largest absolute Gasteiger partial charge is 0.478 e. The van der Waals surface area contributed by atoms with Gasteiger partial charge in [-0.2, -0.15) is 0 Å². The van der Waals surface area contributed by atoms with Crippen molar-refractivity contribution in [2.24, 2.45) is 0 Å². The molecule has 0 radical (unpaired) electrons. The Labute approximate surface area is 168 Å². The molecule has 1 N–H and O–H groups in total. The number of allylic oxidation sites excluding steroid dienone is 1. The number of methoxy groups -OCH3 is 1. The van der Waals surface area contributed by atoms with Crippen LogP contribution in [0.2, 0.25) is 0 Å². The Morgan fingerprint density at radius 2 is 1.66 bits per heavy atom. The van der Waals surface area contributed by atoms with Crippen LogP contribution in [0.1, 0.15) is 34.0 Å². The van der Waals surface area contributed by atoms with E-state index in [-0.39, 0.29) is 22.6 Å². The average Bonchev–Trinajstić information content (AvgIpc) is 2.93. The second-order valence-corrected chi connectivity index (χ2v) is 6.81. The Balaban J connectivity index is 1.99. The lowest BCUT2D eigenvalue weighted by molar-refractivity contribution is -0.136. The Bertz CT molecular complexity index is 1030. The fourth-order valence-corrected chi connectivity index (χ4v) is 3.18. The minimum atomic E-state index is -1.03. The number of hydrogen-bond donors (Lipinski definition) is 1. The number of amides is 1. The second kappa shape index (κ2) is 8.14. The van der Waals surface area contributed by atoms with Gasteiger partial charge in [-0.05, 0) is 43.2 Å². The molecule has 0 spiro atoms. The number of ether oxygens (including phenoxy) is 1. The zero-order chi connectivity index (χ0) is 21.1. The van der Waals surface area contributed by atoms with Crippen molar-refractivity contribution in [1.29, 1.82) is 0 Å². The van der Waals surface area contributed by atoms with Crippen LogP contribution in [-0.4, -0.2) is 35.0 Å². The van der Waals surface area contributed by atoms with Gasteiger partial charge < -0.3 is 14.7 Å². The van der Waals surface area contributed by atoms with Crippen molar-refractivity contribution in [2.45, 2.75) is 20.4 Å². The first-order valence-corrected chi connectivity index (χ1v) is 9.04. The number of rotatable bonds is 5. The molecule has 6 nitrogen and oxygen atoms in total. The summed E-state index contributed by atoms with van der Waals surface area (Å²) in [6.45, 7) is 4.04. The van der Waals surface area contributed by atoms with Gasteiger partial charge in [0.25, 0.3) is 5.91 Å². The molecule has 0 unspecified atom stereocenters. The number of aromatic carboxylic acids is 1. The summed E-state index contributed by atoms with van der Waals surface area (Å²) in [5.74, 6) is -1.92. The van der Waals surface area contributed by atoms with Gasteiger partial charge in [-0.1, -0.05) is 42.0 Å². The number of esters is 1. The normalized spacial score (nSPS) is 15.2. The molecule has 0 aromatic heterocycles. The van der Waals surface area contributed by atoms with E-state index in [0.717, 1.165) is 11.1 Å². The number of carbonyl (C=O) groups is 3. The zero-order valence-electron chi connectivity index (χ0n) is 16.4. The van der Waals surface area contributed by atoms with Crippen molar-refractivity contribution in [2.75, 3.05) is 7.11 Å². The fraction of sp³-hybridized carbons (Fsp3) is 0.174. The molecule has 0 saturated heterocycles. The predicted molar refractivity (Wildman–Crippen MR) is 108 cm³/mol.